The van der Waals surface area contributed by atoms with Gasteiger partial charge in [0.1, 0.15) is 9.84 Å². The largest absolute Gasteiger partial charge is 0.388 e. The average molecular weight is 214 g/mol. The third kappa shape index (κ3) is 3.89. The lowest BCUT2D eigenvalue weighted by molar-refractivity contribution is 0.174. The zero-order valence-corrected chi connectivity index (χ0v) is 8.87. The van der Waals surface area contributed by atoms with Crippen LogP contribution in [0.2, 0.25) is 0 Å². The van der Waals surface area contributed by atoms with Gasteiger partial charge in [0.25, 0.3) is 0 Å². The van der Waals surface area contributed by atoms with E-state index in [2.05, 4.69) is 0 Å². The smallest absolute Gasteiger partial charge is 0.147 e. The van der Waals surface area contributed by atoms with Gasteiger partial charge in [-0.3, -0.25) is 0 Å². The Morgan fingerprint density at radius 1 is 1.29 bits per heavy atom. The molecule has 0 saturated carbocycles. The first-order chi connectivity index (χ1) is 6.49. The Morgan fingerprint density at radius 2 is 1.86 bits per heavy atom. The Hall–Kier alpha value is -0.870. The Kier molecular flexibility index (Phi) is 3.66. The highest BCUT2D eigenvalue weighted by Gasteiger charge is 2.10. The SMILES string of the molecule is CS(=O)(=O)CC[C@H](O)c1ccccc1. The molecule has 0 radical (unpaired) electrons. The first-order valence-corrected chi connectivity index (χ1v) is 6.46. The normalized spacial score (nSPS) is 13.9. The van der Waals surface area contributed by atoms with Crippen molar-refractivity contribution in [1.29, 1.82) is 0 Å². The van der Waals surface area contributed by atoms with Gasteiger partial charge in [0, 0.05) is 6.26 Å². The van der Waals surface area contributed by atoms with Gasteiger partial charge in [-0.2, -0.15) is 0 Å². The van der Waals surface area contributed by atoms with Crippen molar-refractivity contribution in [3.05, 3.63) is 35.9 Å². The molecule has 0 aromatic heterocycles. The highest BCUT2D eigenvalue weighted by atomic mass is 32.2. The summed E-state index contributed by atoms with van der Waals surface area (Å²) in [5, 5.41) is 9.62. The molecule has 1 aromatic carbocycles. The molecule has 1 rings (SSSR count). The standard InChI is InChI=1S/C10H14O3S/c1-14(12,13)8-7-10(11)9-5-3-2-4-6-9/h2-6,10-11H,7-8H2,1H3/t10-/m0/s1. The van der Waals surface area contributed by atoms with Crippen LogP contribution < -0.4 is 0 Å². The molecule has 0 aliphatic carbocycles. The van der Waals surface area contributed by atoms with E-state index < -0.39 is 15.9 Å². The molecule has 0 heterocycles. The molecular weight excluding hydrogens is 200 g/mol. The lowest BCUT2D eigenvalue weighted by Crippen LogP contribution is -2.08. The van der Waals surface area contributed by atoms with Crippen molar-refractivity contribution in [2.75, 3.05) is 12.0 Å². The van der Waals surface area contributed by atoms with Crippen LogP contribution in [0.5, 0.6) is 0 Å². The minimum Gasteiger partial charge on any atom is -0.388 e. The molecule has 1 N–H and O–H groups in total. The van der Waals surface area contributed by atoms with Crippen LogP contribution in [-0.4, -0.2) is 25.5 Å². The Labute approximate surface area is 84.3 Å². The summed E-state index contributed by atoms with van der Waals surface area (Å²) in [5.41, 5.74) is 0.760. The van der Waals surface area contributed by atoms with Crippen molar-refractivity contribution >= 4 is 9.84 Å². The fourth-order valence-corrected chi connectivity index (χ4v) is 1.82. The second kappa shape index (κ2) is 4.57. The maximum Gasteiger partial charge on any atom is 0.147 e. The molecular formula is C10H14O3S. The van der Waals surface area contributed by atoms with E-state index in [0.717, 1.165) is 5.56 Å². The fraction of sp³-hybridized carbons (Fsp3) is 0.400. The minimum atomic E-state index is -2.99. The average Bonchev–Trinajstić information content (AvgIpc) is 2.14. The van der Waals surface area contributed by atoms with E-state index in [9.17, 15) is 13.5 Å². The predicted molar refractivity (Wildman–Crippen MR) is 55.7 cm³/mol. The third-order valence-corrected chi connectivity index (χ3v) is 2.92. The quantitative estimate of drug-likeness (QED) is 0.818. The summed E-state index contributed by atoms with van der Waals surface area (Å²) >= 11 is 0. The van der Waals surface area contributed by atoms with E-state index in [1.165, 1.54) is 6.26 Å². The van der Waals surface area contributed by atoms with Gasteiger partial charge in [0.15, 0.2) is 0 Å². The fourth-order valence-electron chi connectivity index (χ4n) is 1.17. The van der Waals surface area contributed by atoms with Gasteiger partial charge in [-0.1, -0.05) is 30.3 Å². The first kappa shape index (κ1) is 11.2. The van der Waals surface area contributed by atoms with Crippen molar-refractivity contribution in [3.63, 3.8) is 0 Å². The number of rotatable bonds is 4. The van der Waals surface area contributed by atoms with Crippen molar-refractivity contribution in [3.8, 4) is 0 Å². The van der Waals surface area contributed by atoms with Crippen LogP contribution in [0.25, 0.3) is 0 Å². The molecule has 4 heteroatoms. The molecule has 0 unspecified atom stereocenters. The minimum absolute atomic E-state index is 0.0169. The molecule has 0 bridgehead atoms. The summed E-state index contributed by atoms with van der Waals surface area (Å²) in [4.78, 5) is 0. The lowest BCUT2D eigenvalue weighted by Gasteiger charge is -2.09. The molecule has 0 amide bonds. The summed E-state index contributed by atoms with van der Waals surface area (Å²) in [6.45, 7) is 0. The van der Waals surface area contributed by atoms with E-state index >= 15 is 0 Å². The number of hydrogen-bond acceptors (Lipinski definition) is 3. The van der Waals surface area contributed by atoms with Crippen LogP contribution in [0.4, 0.5) is 0 Å². The van der Waals surface area contributed by atoms with Crippen LogP contribution in [0, 0.1) is 0 Å². The maximum atomic E-state index is 10.9. The number of hydrogen-bond donors (Lipinski definition) is 1. The highest BCUT2D eigenvalue weighted by molar-refractivity contribution is 7.90. The summed E-state index contributed by atoms with van der Waals surface area (Å²) in [7, 11) is -2.99. The lowest BCUT2D eigenvalue weighted by atomic mass is 10.1. The van der Waals surface area contributed by atoms with Gasteiger partial charge < -0.3 is 5.11 Å². The van der Waals surface area contributed by atoms with Crippen molar-refractivity contribution < 1.29 is 13.5 Å². The van der Waals surface area contributed by atoms with Gasteiger partial charge in [-0.05, 0) is 12.0 Å². The Bertz CT molecular complexity index is 370. The molecule has 78 valence electrons. The van der Waals surface area contributed by atoms with Gasteiger partial charge >= 0.3 is 0 Å². The molecule has 1 atom stereocenters. The molecule has 14 heavy (non-hydrogen) atoms. The second-order valence-corrected chi connectivity index (χ2v) is 5.60. The predicted octanol–water partition coefficient (Wildman–Crippen LogP) is 1.15. The van der Waals surface area contributed by atoms with E-state index in [0.29, 0.717) is 0 Å². The zero-order chi connectivity index (χ0) is 10.6. The van der Waals surface area contributed by atoms with Crippen molar-refractivity contribution in [1.82, 2.24) is 0 Å². The summed E-state index contributed by atoms with van der Waals surface area (Å²) in [6, 6.07) is 9.06. The van der Waals surface area contributed by atoms with Gasteiger partial charge in [-0.25, -0.2) is 8.42 Å². The monoisotopic (exact) mass is 214 g/mol. The van der Waals surface area contributed by atoms with Gasteiger partial charge in [-0.15, -0.1) is 0 Å². The Balaban J connectivity index is 2.56. The number of sulfone groups is 1. The van der Waals surface area contributed by atoms with Crippen LogP contribution in [0.1, 0.15) is 18.1 Å². The highest BCUT2D eigenvalue weighted by Crippen LogP contribution is 2.16. The number of aliphatic hydroxyl groups is 1. The zero-order valence-electron chi connectivity index (χ0n) is 8.05. The van der Waals surface area contributed by atoms with E-state index in [1.807, 2.05) is 18.2 Å². The van der Waals surface area contributed by atoms with Crippen LogP contribution in [0.3, 0.4) is 0 Å². The first-order valence-electron chi connectivity index (χ1n) is 4.40. The summed E-state index contributed by atoms with van der Waals surface area (Å²) < 4.78 is 21.7. The number of benzene rings is 1. The van der Waals surface area contributed by atoms with Crippen molar-refractivity contribution in [2.24, 2.45) is 0 Å². The topological polar surface area (TPSA) is 54.4 Å². The summed E-state index contributed by atoms with van der Waals surface area (Å²) in [6.07, 6.45) is 0.735. The molecule has 0 aliphatic rings. The van der Waals surface area contributed by atoms with Crippen molar-refractivity contribution in [2.45, 2.75) is 12.5 Å². The van der Waals surface area contributed by atoms with Crippen LogP contribution in [-0.2, 0) is 9.84 Å². The molecule has 0 saturated heterocycles. The van der Waals surface area contributed by atoms with E-state index in [1.54, 1.807) is 12.1 Å². The van der Waals surface area contributed by atoms with E-state index in [4.69, 9.17) is 0 Å². The Morgan fingerprint density at radius 3 is 2.36 bits per heavy atom. The molecule has 0 spiro atoms. The molecule has 3 nitrogen and oxygen atoms in total. The third-order valence-electron chi connectivity index (χ3n) is 1.95. The van der Waals surface area contributed by atoms with Crippen LogP contribution >= 0.6 is 0 Å². The van der Waals surface area contributed by atoms with E-state index in [-0.39, 0.29) is 12.2 Å². The second-order valence-electron chi connectivity index (χ2n) is 3.35. The number of aliphatic hydroxyl groups excluding tert-OH is 1. The molecule has 0 aliphatic heterocycles. The summed E-state index contributed by atoms with van der Waals surface area (Å²) in [5.74, 6) is 0.0169. The molecule has 0 fully saturated rings. The van der Waals surface area contributed by atoms with Gasteiger partial charge in [0.05, 0.1) is 11.9 Å². The maximum absolute atomic E-state index is 10.9. The van der Waals surface area contributed by atoms with Crippen LogP contribution in [0.15, 0.2) is 30.3 Å². The molecule has 1 aromatic rings. The van der Waals surface area contributed by atoms with Gasteiger partial charge in [0.2, 0.25) is 0 Å².